The SMILES string of the molecule is CCCN(CCCOCCOCCCC(=O)OC(C)(C)C)C(=O)OCc1ccccc1. The maximum Gasteiger partial charge on any atom is 0.410 e. The Morgan fingerprint density at radius 2 is 1.55 bits per heavy atom. The van der Waals surface area contributed by atoms with Crippen LogP contribution in [-0.4, -0.2) is 62.1 Å². The Balaban J connectivity index is 2.06. The van der Waals surface area contributed by atoms with Gasteiger partial charge in [-0.05, 0) is 45.6 Å². The molecule has 7 heteroatoms. The van der Waals surface area contributed by atoms with Gasteiger partial charge in [-0.1, -0.05) is 37.3 Å². The Hall–Kier alpha value is -2.12. The maximum absolute atomic E-state index is 12.3. The fraction of sp³-hybridized carbons (Fsp3) is 0.667. The molecule has 1 aromatic rings. The number of ether oxygens (including phenoxy) is 4. The van der Waals surface area contributed by atoms with E-state index in [1.807, 2.05) is 58.0 Å². The number of esters is 1. The molecular formula is C24H39NO6. The predicted molar refractivity (Wildman–Crippen MR) is 120 cm³/mol. The van der Waals surface area contributed by atoms with Crippen LogP contribution in [-0.2, 0) is 30.3 Å². The monoisotopic (exact) mass is 437 g/mol. The summed E-state index contributed by atoms with van der Waals surface area (Å²) in [6.45, 7) is 11.1. The van der Waals surface area contributed by atoms with Gasteiger partial charge in [0.05, 0.1) is 13.2 Å². The van der Waals surface area contributed by atoms with Gasteiger partial charge in [0.25, 0.3) is 0 Å². The second-order valence-corrected chi connectivity index (χ2v) is 8.30. The average Bonchev–Trinajstić information content (AvgIpc) is 2.72. The van der Waals surface area contributed by atoms with Gasteiger partial charge in [-0.25, -0.2) is 4.79 Å². The summed E-state index contributed by atoms with van der Waals surface area (Å²) in [5.41, 5.74) is 0.527. The highest BCUT2D eigenvalue weighted by molar-refractivity contribution is 5.69. The smallest absolute Gasteiger partial charge is 0.410 e. The van der Waals surface area contributed by atoms with E-state index in [2.05, 4.69) is 0 Å². The van der Waals surface area contributed by atoms with E-state index >= 15 is 0 Å². The van der Waals surface area contributed by atoms with Gasteiger partial charge in [-0.2, -0.15) is 0 Å². The van der Waals surface area contributed by atoms with Gasteiger partial charge in [-0.3, -0.25) is 4.79 Å². The molecule has 0 bridgehead atoms. The van der Waals surface area contributed by atoms with Crippen molar-refractivity contribution in [2.75, 3.05) is 39.5 Å². The van der Waals surface area contributed by atoms with Crippen molar-refractivity contribution in [3.63, 3.8) is 0 Å². The van der Waals surface area contributed by atoms with E-state index in [0.717, 1.165) is 18.4 Å². The van der Waals surface area contributed by atoms with Crippen LogP contribution in [0.5, 0.6) is 0 Å². The summed E-state index contributed by atoms with van der Waals surface area (Å²) in [6.07, 6.45) is 2.30. The number of amides is 1. The highest BCUT2D eigenvalue weighted by Gasteiger charge is 2.16. The first-order valence-electron chi connectivity index (χ1n) is 11.1. The molecule has 0 fully saturated rings. The first-order valence-corrected chi connectivity index (χ1v) is 11.1. The van der Waals surface area contributed by atoms with Gasteiger partial charge >= 0.3 is 12.1 Å². The molecule has 1 amide bonds. The molecule has 0 saturated heterocycles. The molecule has 0 aliphatic rings. The molecule has 7 nitrogen and oxygen atoms in total. The fourth-order valence-corrected chi connectivity index (χ4v) is 2.77. The van der Waals surface area contributed by atoms with Crippen molar-refractivity contribution >= 4 is 12.1 Å². The molecule has 1 rings (SSSR count). The second-order valence-electron chi connectivity index (χ2n) is 8.30. The summed E-state index contributed by atoms with van der Waals surface area (Å²) >= 11 is 0. The Kier molecular flexibility index (Phi) is 13.6. The second kappa shape index (κ2) is 15.6. The third kappa shape index (κ3) is 14.5. The maximum atomic E-state index is 12.3. The Morgan fingerprint density at radius 3 is 2.16 bits per heavy atom. The molecule has 0 spiro atoms. The standard InChI is InChI=1S/C24H39NO6/c1-5-14-25(23(27)30-20-21-11-7-6-8-12-21)15-10-17-29-19-18-28-16-9-13-22(26)31-24(2,3)4/h6-8,11-12H,5,9-10,13-20H2,1-4H3. The molecule has 0 heterocycles. The van der Waals surface area contributed by atoms with Crippen LogP contribution in [0.2, 0.25) is 0 Å². The minimum absolute atomic E-state index is 0.203. The zero-order chi connectivity index (χ0) is 23.0. The molecule has 1 aromatic carbocycles. The number of carbonyl (C=O) groups excluding carboxylic acids is 2. The van der Waals surface area contributed by atoms with Crippen LogP contribution in [0.4, 0.5) is 4.79 Å². The van der Waals surface area contributed by atoms with Crippen molar-refractivity contribution in [3.8, 4) is 0 Å². The molecular weight excluding hydrogens is 398 g/mol. The molecule has 0 aliphatic carbocycles. The van der Waals surface area contributed by atoms with Crippen molar-refractivity contribution in [3.05, 3.63) is 35.9 Å². The lowest BCUT2D eigenvalue weighted by molar-refractivity contribution is -0.155. The van der Waals surface area contributed by atoms with E-state index in [0.29, 0.717) is 52.4 Å². The normalized spacial score (nSPS) is 11.2. The summed E-state index contributed by atoms with van der Waals surface area (Å²) in [5.74, 6) is -0.203. The largest absolute Gasteiger partial charge is 0.460 e. The molecule has 176 valence electrons. The van der Waals surface area contributed by atoms with Crippen LogP contribution in [0.3, 0.4) is 0 Å². The van der Waals surface area contributed by atoms with Crippen LogP contribution >= 0.6 is 0 Å². The van der Waals surface area contributed by atoms with E-state index in [-0.39, 0.29) is 18.7 Å². The lowest BCUT2D eigenvalue weighted by atomic mass is 10.2. The van der Waals surface area contributed by atoms with E-state index in [4.69, 9.17) is 18.9 Å². The van der Waals surface area contributed by atoms with E-state index in [1.165, 1.54) is 0 Å². The summed E-state index contributed by atoms with van der Waals surface area (Å²) in [5, 5.41) is 0. The highest BCUT2D eigenvalue weighted by atomic mass is 16.6. The number of hydrogen-bond donors (Lipinski definition) is 0. The van der Waals surface area contributed by atoms with Crippen molar-refractivity contribution < 1.29 is 28.5 Å². The van der Waals surface area contributed by atoms with Gasteiger partial charge in [0, 0.05) is 32.7 Å². The molecule has 0 N–H and O–H groups in total. The van der Waals surface area contributed by atoms with Gasteiger partial charge in [0.15, 0.2) is 0 Å². The van der Waals surface area contributed by atoms with Crippen molar-refractivity contribution in [1.29, 1.82) is 0 Å². The van der Waals surface area contributed by atoms with Crippen LogP contribution in [0.1, 0.15) is 58.9 Å². The highest BCUT2D eigenvalue weighted by Crippen LogP contribution is 2.09. The zero-order valence-electron chi connectivity index (χ0n) is 19.6. The van der Waals surface area contributed by atoms with Gasteiger partial charge in [0.2, 0.25) is 0 Å². The summed E-state index contributed by atoms with van der Waals surface area (Å²) in [7, 11) is 0. The van der Waals surface area contributed by atoms with Gasteiger partial charge in [-0.15, -0.1) is 0 Å². The van der Waals surface area contributed by atoms with E-state index < -0.39 is 5.60 Å². The first-order chi connectivity index (χ1) is 14.8. The number of rotatable bonds is 15. The first kappa shape index (κ1) is 26.9. The van der Waals surface area contributed by atoms with Crippen molar-refractivity contribution in [1.82, 2.24) is 4.90 Å². The zero-order valence-corrected chi connectivity index (χ0v) is 19.6. The lowest BCUT2D eigenvalue weighted by Gasteiger charge is -2.21. The third-order valence-electron chi connectivity index (χ3n) is 4.14. The number of nitrogens with zero attached hydrogens (tertiary/aromatic N) is 1. The third-order valence-corrected chi connectivity index (χ3v) is 4.14. The summed E-state index contributed by atoms with van der Waals surface area (Å²) in [6, 6.07) is 9.66. The van der Waals surface area contributed by atoms with E-state index in [1.54, 1.807) is 4.90 Å². The molecule has 0 unspecified atom stereocenters. The minimum Gasteiger partial charge on any atom is -0.460 e. The Bertz CT molecular complexity index is 614. The minimum atomic E-state index is -0.447. The van der Waals surface area contributed by atoms with Crippen molar-refractivity contribution in [2.45, 2.75) is 65.6 Å². The predicted octanol–water partition coefficient (Wildman–Crippen LogP) is 4.58. The quantitative estimate of drug-likeness (QED) is 0.295. The van der Waals surface area contributed by atoms with Crippen LogP contribution in [0, 0.1) is 0 Å². The fourth-order valence-electron chi connectivity index (χ4n) is 2.77. The van der Waals surface area contributed by atoms with Crippen LogP contribution in [0.15, 0.2) is 30.3 Å². The lowest BCUT2D eigenvalue weighted by Crippen LogP contribution is -2.33. The molecule has 0 aliphatic heterocycles. The molecule has 0 radical (unpaired) electrons. The summed E-state index contributed by atoms with van der Waals surface area (Å²) < 4.78 is 21.7. The summed E-state index contributed by atoms with van der Waals surface area (Å²) in [4.78, 5) is 25.6. The Labute approximate surface area is 187 Å². The molecule has 0 saturated carbocycles. The van der Waals surface area contributed by atoms with E-state index in [9.17, 15) is 9.59 Å². The number of hydrogen-bond acceptors (Lipinski definition) is 6. The van der Waals surface area contributed by atoms with Crippen LogP contribution < -0.4 is 0 Å². The topological polar surface area (TPSA) is 74.3 Å². The van der Waals surface area contributed by atoms with Crippen LogP contribution in [0.25, 0.3) is 0 Å². The average molecular weight is 438 g/mol. The number of carbonyl (C=O) groups is 2. The molecule has 31 heavy (non-hydrogen) atoms. The Morgan fingerprint density at radius 1 is 0.903 bits per heavy atom. The molecule has 0 aromatic heterocycles. The molecule has 0 atom stereocenters. The number of benzene rings is 1. The van der Waals surface area contributed by atoms with Gasteiger partial charge < -0.3 is 23.8 Å². The van der Waals surface area contributed by atoms with Crippen molar-refractivity contribution in [2.24, 2.45) is 0 Å². The van der Waals surface area contributed by atoms with Gasteiger partial charge in [0.1, 0.15) is 12.2 Å².